The summed E-state index contributed by atoms with van der Waals surface area (Å²) in [5.74, 6) is -4.80. The molecule has 0 aromatic heterocycles. The molecule has 2 aliphatic heterocycles. The first-order valence-electron chi connectivity index (χ1n) is 16.0. The Bertz CT molecular complexity index is 2130. The Hall–Kier alpha value is -4.86. The molecule has 248 valence electrons. The lowest BCUT2D eigenvalue weighted by atomic mass is 9.48. The number of likely N-dealkylation sites (tertiary alicyclic amines) is 1. The number of hydrogen-bond acceptors (Lipinski definition) is 7. The first-order valence-corrected chi connectivity index (χ1v) is 16.8. The third-order valence-electron chi connectivity index (χ3n) is 11.0. The fourth-order valence-electron chi connectivity index (χ4n) is 8.90. The third-order valence-corrected chi connectivity index (χ3v) is 11.6. The highest BCUT2D eigenvalue weighted by atomic mass is 35.5. The van der Waals surface area contributed by atoms with Crippen molar-refractivity contribution in [2.24, 2.45) is 23.7 Å². The summed E-state index contributed by atoms with van der Waals surface area (Å²) < 4.78 is 5.46. The largest absolute Gasteiger partial charge is 0.508 e. The monoisotopic (exact) mass is 695 g/mol. The van der Waals surface area contributed by atoms with E-state index in [2.05, 4.69) is 5.43 Å². The van der Waals surface area contributed by atoms with Gasteiger partial charge in [0, 0.05) is 23.6 Å². The van der Waals surface area contributed by atoms with Crippen LogP contribution in [0.5, 0.6) is 11.5 Å². The number of halogens is 2. The molecule has 0 bridgehead atoms. The lowest BCUT2D eigenvalue weighted by molar-refractivity contribution is -0.140. The fraction of sp³-hybridized carbons (Fsp3) is 0.263. The van der Waals surface area contributed by atoms with Crippen LogP contribution in [0.15, 0.2) is 90.5 Å². The lowest BCUT2D eigenvalue weighted by Crippen LogP contribution is -2.53. The Labute approximate surface area is 292 Å². The Morgan fingerprint density at radius 1 is 0.898 bits per heavy atom. The first kappa shape index (κ1) is 31.4. The van der Waals surface area contributed by atoms with Crippen molar-refractivity contribution >= 4 is 63.3 Å². The second-order valence-electron chi connectivity index (χ2n) is 13.2. The van der Waals surface area contributed by atoms with E-state index in [1.54, 1.807) is 49.6 Å². The molecule has 3 fully saturated rings. The van der Waals surface area contributed by atoms with Gasteiger partial charge in [-0.1, -0.05) is 77.3 Å². The van der Waals surface area contributed by atoms with Crippen molar-refractivity contribution in [3.05, 3.63) is 112 Å². The average Bonchev–Trinajstić information content (AvgIpc) is 3.46. The molecule has 4 aliphatic rings. The topological polar surface area (TPSA) is 116 Å². The number of amides is 4. The van der Waals surface area contributed by atoms with Gasteiger partial charge >= 0.3 is 0 Å². The maximum Gasteiger partial charge on any atom is 0.260 e. The van der Waals surface area contributed by atoms with Crippen LogP contribution in [0.2, 0.25) is 10.0 Å². The maximum atomic E-state index is 15.4. The van der Waals surface area contributed by atoms with Crippen molar-refractivity contribution < 1.29 is 29.0 Å². The van der Waals surface area contributed by atoms with Crippen LogP contribution in [-0.2, 0) is 24.6 Å². The zero-order valence-corrected chi connectivity index (χ0v) is 28.0. The van der Waals surface area contributed by atoms with Crippen molar-refractivity contribution in [3.63, 3.8) is 0 Å². The first-order chi connectivity index (χ1) is 23.6. The number of benzene rings is 4. The molecule has 8 rings (SSSR count). The van der Waals surface area contributed by atoms with Crippen LogP contribution in [-0.4, -0.2) is 52.8 Å². The number of phenols is 1. The number of anilines is 1. The predicted octanol–water partition coefficient (Wildman–Crippen LogP) is 6.48. The fourth-order valence-corrected chi connectivity index (χ4v) is 9.35. The summed E-state index contributed by atoms with van der Waals surface area (Å²) in [7, 11) is 3.04. The normalized spacial score (nSPS) is 27.6. The second-order valence-corrected chi connectivity index (χ2v) is 14.0. The molecule has 0 radical (unpaired) electrons. The summed E-state index contributed by atoms with van der Waals surface area (Å²) >= 11 is 12.7. The van der Waals surface area contributed by atoms with Crippen LogP contribution in [0.25, 0.3) is 10.8 Å². The van der Waals surface area contributed by atoms with E-state index in [0.29, 0.717) is 39.4 Å². The number of nitrogens with one attached hydrogen (secondary N) is 1. The van der Waals surface area contributed by atoms with Gasteiger partial charge < -0.3 is 9.84 Å². The number of hydrazine groups is 1. The standard InChI is InChI=1S/C38H31Cl2N3O6/c1-42-34(45)25-14-13-24-26(31(25)36(42)47)18-27-35(46)43(41-29-15-10-21(39)17-28(29)40)37(48)38(27,20-8-11-22(49-2)12-9-20)33(24)32-23-6-4-3-5-19(23)7-16-30(32)44/h3-13,15-17,25-27,31,33,41,44H,14,18H2,1-2H3. The van der Waals surface area contributed by atoms with Gasteiger partial charge in [0.05, 0.1) is 41.0 Å². The Morgan fingerprint density at radius 3 is 2.39 bits per heavy atom. The predicted molar refractivity (Wildman–Crippen MR) is 184 cm³/mol. The van der Waals surface area contributed by atoms with Crippen molar-refractivity contribution in [1.29, 1.82) is 0 Å². The SMILES string of the molecule is COc1ccc(C23C(=O)N(Nc4ccc(Cl)cc4Cl)C(=O)C2CC2C(=CCC4C(=O)N(C)C(=O)C42)C3c2c(O)ccc3ccccc23)cc1. The van der Waals surface area contributed by atoms with Gasteiger partial charge in [0.15, 0.2) is 0 Å². The minimum absolute atomic E-state index is 0.0441. The number of carbonyl (C=O) groups excluding carboxylic acids is 4. The number of phenolic OH excluding ortho intramolecular Hbond substituents is 1. The number of fused-ring (bicyclic) bond motifs is 5. The van der Waals surface area contributed by atoms with Gasteiger partial charge in [0.25, 0.3) is 11.8 Å². The van der Waals surface area contributed by atoms with Crippen LogP contribution in [0.4, 0.5) is 5.69 Å². The van der Waals surface area contributed by atoms with Gasteiger partial charge in [-0.25, -0.2) is 0 Å². The molecular formula is C38H31Cl2N3O6. The summed E-state index contributed by atoms with van der Waals surface area (Å²) in [5, 5.41) is 15.0. The van der Waals surface area contributed by atoms with Crippen molar-refractivity contribution in [2.45, 2.75) is 24.2 Å². The number of carbonyl (C=O) groups is 4. The van der Waals surface area contributed by atoms with Crippen molar-refractivity contribution in [3.8, 4) is 11.5 Å². The second kappa shape index (κ2) is 11.4. The number of allylic oxidation sites excluding steroid dienone is 2. The van der Waals surface area contributed by atoms with Gasteiger partial charge in [-0.05, 0) is 71.5 Å². The zero-order valence-electron chi connectivity index (χ0n) is 26.5. The molecule has 0 spiro atoms. The molecule has 11 heteroatoms. The van der Waals surface area contributed by atoms with E-state index < -0.39 is 46.8 Å². The quantitative estimate of drug-likeness (QED) is 0.182. The molecular weight excluding hydrogens is 665 g/mol. The van der Waals surface area contributed by atoms with Crippen molar-refractivity contribution in [2.75, 3.05) is 19.6 Å². The number of aromatic hydroxyl groups is 1. The summed E-state index contributed by atoms with van der Waals surface area (Å²) in [5.41, 5.74) is 3.49. The molecule has 9 nitrogen and oxygen atoms in total. The minimum Gasteiger partial charge on any atom is -0.508 e. The van der Waals surface area contributed by atoms with E-state index in [-0.39, 0.29) is 29.0 Å². The number of imide groups is 2. The van der Waals surface area contributed by atoms with Gasteiger partial charge in [-0.3, -0.25) is 29.5 Å². The van der Waals surface area contributed by atoms with Gasteiger partial charge in [0.1, 0.15) is 11.5 Å². The molecule has 2 aliphatic carbocycles. The molecule has 6 unspecified atom stereocenters. The zero-order chi connectivity index (χ0) is 34.4. The minimum atomic E-state index is -1.58. The molecule has 4 amide bonds. The summed E-state index contributed by atoms with van der Waals surface area (Å²) in [6.07, 6.45) is 2.39. The average molecular weight is 697 g/mol. The van der Waals surface area contributed by atoms with Crippen LogP contribution in [0.3, 0.4) is 0 Å². The molecule has 2 saturated heterocycles. The van der Waals surface area contributed by atoms with Crippen LogP contribution < -0.4 is 10.2 Å². The van der Waals surface area contributed by atoms with Gasteiger partial charge in [0.2, 0.25) is 11.8 Å². The number of rotatable bonds is 5. The smallest absolute Gasteiger partial charge is 0.260 e. The Morgan fingerprint density at radius 2 is 1.65 bits per heavy atom. The molecule has 2 N–H and O–H groups in total. The molecule has 49 heavy (non-hydrogen) atoms. The lowest BCUT2D eigenvalue weighted by Gasteiger charge is -2.51. The van der Waals surface area contributed by atoms with Crippen LogP contribution >= 0.6 is 23.2 Å². The van der Waals surface area contributed by atoms with Crippen LogP contribution in [0.1, 0.15) is 29.9 Å². The maximum absolute atomic E-state index is 15.4. The molecule has 6 atom stereocenters. The third kappa shape index (κ3) is 4.38. The van der Waals surface area contributed by atoms with Gasteiger partial charge in [-0.15, -0.1) is 0 Å². The highest BCUT2D eigenvalue weighted by molar-refractivity contribution is 6.36. The van der Waals surface area contributed by atoms with Crippen molar-refractivity contribution in [1.82, 2.24) is 9.91 Å². The molecule has 1 saturated carbocycles. The number of methoxy groups -OCH3 is 1. The summed E-state index contributed by atoms with van der Waals surface area (Å²) in [6, 6.07) is 22.8. The molecule has 2 heterocycles. The highest BCUT2D eigenvalue weighted by Crippen LogP contribution is 2.65. The van der Waals surface area contributed by atoms with E-state index in [1.165, 1.54) is 18.0 Å². The number of hydrogen-bond donors (Lipinski definition) is 2. The van der Waals surface area contributed by atoms with E-state index in [0.717, 1.165) is 16.0 Å². The van der Waals surface area contributed by atoms with Gasteiger partial charge in [-0.2, -0.15) is 5.01 Å². The van der Waals surface area contributed by atoms with E-state index in [9.17, 15) is 19.5 Å². The Balaban J connectivity index is 1.43. The summed E-state index contributed by atoms with van der Waals surface area (Å²) in [4.78, 5) is 58.5. The van der Waals surface area contributed by atoms with E-state index >= 15 is 4.79 Å². The Kier molecular flexibility index (Phi) is 7.28. The van der Waals surface area contributed by atoms with E-state index in [1.807, 2.05) is 36.4 Å². The molecule has 4 aromatic carbocycles. The molecule has 4 aromatic rings. The van der Waals surface area contributed by atoms with Crippen LogP contribution in [0, 0.1) is 23.7 Å². The number of ether oxygens (including phenoxy) is 1. The highest BCUT2D eigenvalue weighted by Gasteiger charge is 2.70. The van der Waals surface area contributed by atoms with E-state index in [4.69, 9.17) is 27.9 Å². The number of nitrogens with zero attached hydrogens (tertiary/aromatic N) is 2. The summed E-state index contributed by atoms with van der Waals surface area (Å²) in [6.45, 7) is 0.